The van der Waals surface area contributed by atoms with Gasteiger partial charge in [0.25, 0.3) is 0 Å². The minimum atomic E-state index is -1.96. The fourth-order valence-electron chi connectivity index (χ4n) is 6.22. The summed E-state index contributed by atoms with van der Waals surface area (Å²) in [5.74, 6) is -6.05. The number of hydrogen-bond acceptors (Lipinski definition) is 6. The van der Waals surface area contributed by atoms with Crippen molar-refractivity contribution in [2.24, 2.45) is 11.7 Å². The van der Waals surface area contributed by atoms with Crippen molar-refractivity contribution in [3.63, 3.8) is 0 Å². The molecule has 0 heterocycles. The molecule has 3 atom stereocenters. The van der Waals surface area contributed by atoms with Gasteiger partial charge in [-0.05, 0) is 79.2 Å². The topological polar surface area (TPSA) is 134 Å². The molecule has 1 unspecified atom stereocenters. The third-order valence-corrected chi connectivity index (χ3v) is 8.17. The van der Waals surface area contributed by atoms with Crippen LogP contribution in [0.25, 0.3) is 0 Å². The summed E-state index contributed by atoms with van der Waals surface area (Å²) >= 11 is 0. The third-order valence-electron chi connectivity index (χ3n) is 8.17. The van der Waals surface area contributed by atoms with Crippen LogP contribution in [0.1, 0.15) is 52.5 Å². The van der Waals surface area contributed by atoms with Crippen molar-refractivity contribution in [2.45, 2.75) is 58.4 Å². The number of nitrogens with two attached hydrogens (primary N) is 1. The highest BCUT2D eigenvalue weighted by molar-refractivity contribution is 5.99. The third kappa shape index (κ3) is 8.38. The number of carboxylic acids is 1. The number of nitrogens with one attached hydrogen (secondary N) is 2. The van der Waals surface area contributed by atoms with E-state index < -0.39 is 58.6 Å². The SMILES string of the molecule is CCCN(CCC)C(=O)C1(c2cc(F)cc(F)c2)C([C@@H](CC)CNCCOC(=O)Nc2ccc(F)cc2F)=C(C)C=C(C(=O)O)[C@H]1N. The number of halogens is 4. The zero-order chi connectivity index (χ0) is 34.9. The van der Waals surface area contributed by atoms with Crippen LogP contribution in [-0.4, -0.2) is 66.8 Å². The van der Waals surface area contributed by atoms with Crippen LogP contribution in [0, 0.1) is 29.2 Å². The Balaban J connectivity index is 1.99. The van der Waals surface area contributed by atoms with Crippen LogP contribution in [0.15, 0.2) is 59.2 Å². The first-order valence-corrected chi connectivity index (χ1v) is 15.6. The second-order valence-corrected chi connectivity index (χ2v) is 11.4. The number of carboxylic acid groups (broad SMARTS) is 1. The number of carbonyl (C=O) groups excluding carboxylic acids is 2. The molecule has 0 spiro atoms. The number of amides is 2. The van der Waals surface area contributed by atoms with Gasteiger partial charge in [0, 0.05) is 38.3 Å². The summed E-state index contributed by atoms with van der Waals surface area (Å²) < 4.78 is 61.9. The smallest absolute Gasteiger partial charge is 0.411 e. The normalized spacial score (nSPS) is 18.4. The van der Waals surface area contributed by atoms with E-state index in [1.54, 1.807) is 11.8 Å². The Hall–Kier alpha value is -4.23. The summed E-state index contributed by atoms with van der Waals surface area (Å²) in [7, 11) is 0. The zero-order valence-electron chi connectivity index (χ0n) is 27.0. The first kappa shape index (κ1) is 37.2. The van der Waals surface area contributed by atoms with E-state index >= 15 is 0 Å². The number of anilines is 1. The lowest BCUT2D eigenvalue weighted by Crippen LogP contribution is -2.62. The molecular formula is C34H42F4N4O5. The van der Waals surface area contributed by atoms with Crippen molar-refractivity contribution in [2.75, 3.05) is 38.1 Å². The van der Waals surface area contributed by atoms with Gasteiger partial charge in [-0.1, -0.05) is 20.8 Å². The van der Waals surface area contributed by atoms with E-state index in [0.717, 1.165) is 24.3 Å². The van der Waals surface area contributed by atoms with Crippen LogP contribution in [0.5, 0.6) is 0 Å². The molecule has 1 aliphatic carbocycles. The molecule has 0 fully saturated rings. The number of benzene rings is 2. The van der Waals surface area contributed by atoms with Gasteiger partial charge >= 0.3 is 12.1 Å². The molecule has 2 aromatic rings. The van der Waals surface area contributed by atoms with Crippen molar-refractivity contribution in [3.05, 3.63) is 88.0 Å². The Morgan fingerprint density at radius 1 is 1.00 bits per heavy atom. The quantitative estimate of drug-likeness (QED) is 0.143. The van der Waals surface area contributed by atoms with Crippen molar-refractivity contribution >= 4 is 23.7 Å². The maximum absolute atomic E-state index is 14.9. The summed E-state index contributed by atoms with van der Waals surface area (Å²) in [5.41, 5.74) is 5.05. The molecule has 9 nitrogen and oxygen atoms in total. The van der Waals surface area contributed by atoms with Crippen LogP contribution in [0.3, 0.4) is 0 Å². The Labute approximate surface area is 271 Å². The van der Waals surface area contributed by atoms with E-state index in [2.05, 4.69) is 10.6 Å². The largest absolute Gasteiger partial charge is 0.478 e. The standard InChI is InChI=1S/C34H42F4N4O5/c1-5-11-42(12-6-2)32(45)34(22-15-24(36)17-25(37)16-22)29(20(4)14-26(30(34)39)31(43)44)21(7-3)19-40-10-13-47-33(46)41-28-9-8-23(35)18-27(28)38/h8-9,14-18,21,30,40H,5-7,10-13,19,39H2,1-4H3,(H,41,46)(H,43,44)/t21-,30+,34?/m0/s1. The van der Waals surface area contributed by atoms with Gasteiger partial charge in [-0.2, -0.15) is 0 Å². The number of nitrogens with zero attached hydrogens (tertiary/aromatic N) is 1. The second-order valence-electron chi connectivity index (χ2n) is 11.4. The first-order valence-electron chi connectivity index (χ1n) is 15.6. The van der Waals surface area contributed by atoms with Crippen LogP contribution >= 0.6 is 0 Å². The molecule has 0 aromatic heterocycles. The molecule has 13 heteroatoms. The van der Waals surface area contributed by atoms with Gasteiger partial charge < -0.3 is 25.8 Å². The molecule has 3 rings (SSSR count). The fourth-order valence-corrected chi connectivity index (χ4v) is 6.22. The van der Waals surface area contributed by atoms with E-state index in [1.165, 1.54) is 6.08 Å². The molecule has 2 amide bonds. The van der Waals surface area contributed by atoms with Gasteiger partial charge in [0.05, 0.1) is 17.3 Å². The molecule has 1 aliphatic rings. The van der Waals surface area contributed by atoms with Gasteiger partial charge in [0.1, 0.15) is 35.3 Å². The molecule has 0 saturated heterocycles. The highest BCUT2D eigenvalue weighted by Gasteiger charge is 2.56. The van der Waals surface area contributed by atoms with E-state index in [0.29, 0.717) is 55.6 Å². The van der Waals surface area contributed by atoms with Gasteiger partial charge in [-0.25, -0.2) is 27.2 Å². The number of allylic oxidation sites excluding steroid dienone is 2. The number of carbonyl (C=O) groups is 3. The van der Waals surface area contributed by atoms with Gasteiger partial charge in [-0.15, -0.1) is 0 Å². The van der Waals surface area contributed by atoms with E-state index in [1.807, 2.05) is 20.8 Å². The number of ether oxygens (including phenoxy) is 1. The zero-order valence-corrected chi connectivity index (χ0v) is 27.0. The molecule has 256 valence electrons. The molecule has 2 aromatic carbocycles. The number of hydrogen-bond donors (Lipinski definition) is 4. The average Bonchev–Trinajstić information content (AvgIpc) is 3.00. The van der Waals surface area contributed by atoms with Crippen molar-refractivity contribution in [3.8, 4) is 0 Å². The van der Waals surface area contributed by atoms with Crippen LogP contribution < -0.4 is 16.4 Å². The Morgan fingerprint density at radius 2 is 1.64 bits per heavy atom. The predicted octanol–water partition coefficient (Wildman–Crippen LogP) is 5.66. The Bertz CT molecular complexity index is 1510. The molecule has 0 saturated carbocycles. The molecule has 5 N–H and O–H groups in total. The molecule has 0 aliphatic heterocycles. The van der Waals surface area contributed by atoms with Crippen molar-refractivity contribution in [1.82, 2.24) is 10.2 Å². The summed E-state index contributed by atoms with van der Waals surface area (Å²) in [5, 5.41) is 15.5. The molecular weight excluding hydrogens is 620 g/mol. The first-order chi connectivity index (χ1) is 22.3. The van der Waals surface area contributed by atoms with Crippen LogP contribution in [0.2, 0.25) is 0 Å². The van der Waals surface area contributed by atoms with Crippen LogP contribution in [-0.2, 0) is 19.7 Å². The van der Waals surface area contributed by atoms with Gasteiger partial charge in [0.2, 0.25) is 5.91 Å². The summed E-state index contributed by atoms with van der Waals surface area (Å²) in [4.78, 5) is 41.0. The molecule has 0 radical (unpaired) electrons. The van der Waals surface area contributed by atoms with E-state index in [-0.39, 0.29) is 36.5 Å². The highest BCUT2D eigenvalue weighted by atomic mass is 19.1. The highest BCUT2D eigenvalue weighted by Crippen LogP contribution is 2.48. The Kier molecular flexibility index (Phi) is 13.1. The lowest BCUT2D eigenvalue weighted by atomic mass is 9.58. The monoisotopic (exact) mass is 662 g/mol. The maximum atomic E-state index is 14.9. The summed E-state index contributed by atoms with van der Waals surface area (Å²) in [6.45, 7) is 8.06. The minimum Gasteiger partial charge on any atom is -0.478 e. The lowest BCUT2D eigenvalue weighted by molar-refractivity contribution is -0.137. The second kappa shape index (κ2) is 16.6. The maximum Gasteiger partial charge on any atom is 0.411 e. The van der Waals surface area contributed by atoms with Gasteiger partial charge in [-0.3, -0.25) is 10.1 Å². The number of rotatable bonds is 15. The average molecular weight is 663 g/mol. The Morgan fingerprint density at radius 3 is 2.19 bits per heavy atom. The van der Waals surface area contributed by atoms with Crippen molar-refractivity contribution in [1.29, 1.82) is 0 Å². The van der Waals surface area contributed by atoms with E-state index in [9.17, 15) is 37.1 Å². The van der Waals surface area contributed by atoms with E-state index in [4.69, 9.17) is 10.5 Å². The predicted molar refractivity (Wildman–Crippen MR) is 170 cm³/mol. The minimum absolute atomic E-state index is 0.0858. The van der Waals surface area contributed by atoms with Crippen LogP contribution in [0.4, 0.5) is 28.0 Å². The summed E-state index contributed by atoms with van der Waals surface area (Å²) in [6, 6.07) is 3.92. The lowest BCUT2D eigenvalue weighted by Gasteiger charge is -2.48. The van der Waals surface area contributed by atoms with Gasteiger partial charge in [0.15, 0.2) is 0 Å². The molecule has 0 bridgehead atoms. The number of aliphatic carboxylic acids is 1. The molecule has 47 heavy (non-hydrogen) atoms. The summed E-state index contributed by atoms with van der Waals surface area (Å²) in [6.07, 6.45) is 2.01. The fraction of sp³-hybridized carbons (Fsp3) is 0.441. The van der Waals surface area contributed by atoms with Crippen molar-refractivity contribution < 1.29 is 41.8 Å².